The summed E-state index contributed by atoms with van der Waals surface area (Å²) in [6.07, 6.45) is 1.83. The smallest absolute Gasteiger partial charge is 0.142 e. The number of hydrogen-bond acceptors (Lipinski definition) is 6. The van der Waals surface area contributed by atoms with E-state index in [9.17, 15) is 5.11 Å². The molecule has 2 aromatic carbocycles. The molecule has 6 nitrogen and oxygen atoms in total. The number of rotatable bonds is 8. The molecular weight excluding hydrogens is 388 g/mol. The summed E-state index contributed by atoms with van der Waals surface area (Å²) in [6.45, 7) is 6.08. The monoisotopic (exact) mass is 418 g/mol. The van der Waals surface area contributed by atoms with Crippen LogP contribution in [0.3, 0.4) is 0 Å². The first-order chi connectivity index (χ1) is 15.2. The predicted octanol–water partition coefficient (Wildman–Crippen LogP) is 3.58. The number of aromatic nitrogens is 1. The van der Waals surface area contributed by atoms with Crippen molar-refractivity contribution in [2.24, 2.45) is 0 Å². The number of piperazine rings is 1. The minimum absolute atomic E-state index is 0.342. The van der Waals surface area contributed by atoms with E-state index in [1.165, 1.54) is 0 Å². The highest BCUT2D eigenvalue weighted by Gasteiger charge is 2.22. The second-order valence-corrected chi connectivity index (χ2v) is 7.86. The number of phenolic OH excluding ortho intramolecular Hbond substituents is 1. The van der Waals surface area contributed by atoms with Gasteiger partial charge in [-0.25, -0.2) is 0 Å². The summed E-state index contributed by atoms with van der Waals surface area (Å²) in [5.41, 5.74) is 3.13. The standard InChI is InChI=1S/C25H30N4O2/c1-31-25-12-5-3-10-23(25)29-16-14-27(15-17-29)20-28(19-22-9-6-7-13-26-22)18-21-8-2-4-11-24(21)30/h2-13,30H,14-20H2,1H3. The Morgan fingerprint density at radius 2 is 1.65 bits per heavy atom. The molecule has 0 bridgehead atoms. The second kappa shape index (κ2) is 10.3. The molecule has 1 saturated heterocycles. The molecule has 1 aliphatic heterocycles. The molecule has 3 aromatic rings. The number of methoxy groups -OCH3 is 1. The Balaban J connectivity index is 1.41. The number of pyridine rings is 1. The quantitative estimate of drug-likeness (QED) is 0.604. The molecule has 0 saturated carbocycles. The molecule has 1 fully saturated rings. The number of nitrogens with zero attached hydrogens (tertiary/aromatic N) is 4. The maximum absolute atomic E-state index is 10.3. The molecule has 1 N–H and O–H groups in total. The number of anilines is 1. The summed E-state index contributed by atoms with van der Waals surface area (Å²) in [4.78, 5) is 11.7. The molecule has 0 aliphatic carbocycles. The van der Waals surface area contributed by atoms with Crippen LogP contribution in [0, 0.1) is 0 Å². The lowest BCUT2D eigenvalue weighted by Crippen LogP contribution is -2.50. The third-order valence-electron chi connectivity index (χ3n) is 5.70. The van der Waals surface area contributed by atoms with Gasteiger partial charge in [-0.3, -0.25) is 14.8 Å². The van der Waals surface area contributed by atoms with Crippen LogP contribution >= 0.6 is 0 Å². The molecule has 4 rings (SSSR count). The summed E-state index contributed by atoms with van der Waals surface area (Å²) in [5.74, 6) is 1.27. The van der Waals surface area contributed by atoms with E-state index in [1.54, 1.807) is 13.2 Å². The fourth-order valence-corrected chi connectivity index (χ4v) is 4.07. The van der Waals surface area contributed by atoms with Gasteiger partial charge in [0.25, 0.3) is 0 Å². The Morgan fingerprint density at radius 3 is 2.39 bits per heavy atom. The van der Waals surface area contributed by atoms with Crippen molar-refractivity contribution in [3.63, 3.8) is 0 Å². The van der Waals surface area contributed by atoms with Crippen LogP contribution in [-0.4, -0.2) is 59.8 Å². The predicted molar refractivity (Wildman–Crippen MR) is 123 cm³/mol. The van der Waals surface area contributed by atoms with Crippen molar-refractivity contribution in [1.29, 1.82) is 0 Å². The molecule has 6 heteroatoms. The lowest BCUT2D eigenvalue weighted by molar-refractivity contribution is 0.111. The van der Waals surface area contributed by atoms with Crippen molar-refractivity contribution in [2.75, 3.05) is 44.9 Å². The van der Waals surface area contributed by atoms with Gasteiger partial charge in [0, 0.05) is 51.0 Å². The Bertz CT molecular complexity index is 959. The summed E-state index contributed by atoms with van der Waals surface area (Å²) in [5, 5.41) is 10.3. The largest absolute Gasteiger partial charge is 0.508 e. The van der Waals surface area contributed by atoms with Gasteiger partial charge in [-0.15, -0.1) is 0 Å². The third kappa shape index (κ3) is 5.54. The van der Waals surface area contributed by atoms with Gasteiger partial charge in [-0.05, 0) is 30.3 Å². The van der Waals surface area contributed by atoms with E-state index >= 15 is 0 Å². The van der Waals surface area contributed by atoms with Crippen LogP contribution in [0.4, 0.5) is 5.69 Å². The lowest BCUT2D eigenvalue weighted by Gasteiger charge is -2.39. The van der Waals surface area contributed by atoms with Crippen LogP contribution in [0.2, 0.25) is 0 Å². The van der Waals surface area contributed by atoms with E-state index in [-0.39, 0.29) is 0 Å². The number of ether oxygens (including phenoxy) is 1. The van der Waals surface area contributed by atoms with E-state index in [4.69, 9.17) is 4.74 Å². The molecule has 0 spiro atoms. The first-order valence-electron chi connectivity index (χ1n) is 10.7. The van der Waals surface area contributed by atoms with Gasteiger partial charge < -0.3 is 14.7 Å². The molecule has 1 aromatic heterocycles. The molecular formula is C25H30N4O2. The number of benzene rings is 2. The van der Waals surface area contributed by atoms with Crippen molar-refractivity contribution >= 4 is 5.69 Å². The number of para-hydroxylation sites is 3. The zero-order valence-corrected chi connectivity index (χ0v) is 18.0. The average molecular weight is 419 g/mol. The van der Waals surface area contributed by atoms with Crippen LogP contribution < -0.4 is 9.64 Å². The van der Waals surface area contributed by atoms with Gasteiger partial charge in [0.2, 0.25) is 0 Å². The van der Waals surface area contributed by atoms with Crippen LogP contribution in [0.1, 0.15) is 11.3 Å². The molecule has 0 radical (unpaired) electrons. The van der Waals surface area contributed by atoms with Crippen LogP contribution in [0.25, 0.3) is 0 Å². The molecule has 0 atom stereocenters. The molecule has 162 valence electrons. The summed E-state index contributed by atoms with van der Waals surface area (Å²) in [7, 11) is 1.73. The Kier molecular flexibility index (Phi) is 7.02. The molecule has 0 unspecified atom stereocenters. The topological polar surface area (TPSA) is 52.1 Å². The van der Waals surface area contributed by atoms with Gasteiger partial charge >= 0.3 is 0 Å². The first-order valence-corrected chi connectivity index (χ1v) is 10.7. The minimum Gasteiger partial charge on any atom is -0.508 e. The number of phenols is 1. The zero-order chi connectivity index (χ0) is 21.5. The normalized spacial score (nSPS) is 14.7. The maximum Gasteiger partial charge on any atom is 0.142 e. The van der Waals surface area contributed by atoms with Gasteiger partial charge in [0.1, 0.15) is 11.5 Å². The van der Waals surface area contributed by atoms with Crippen molar-refractivity contribution < 1.29 is 9.84 Å². The Morgan fingerprint density at radius 1 is 0.903 bits per heavy atom. The van der Waals surface area contributed by atoms with E-state index in [0.717, 1.165) is 62.1 Å². The van der Waals surface area contributed by atoms with Gasteiger partial charge in [0.15, 0.2) is 0 Å². The van der Waals surface area contributed by atoms with Crippen molar-refractivity contribution in [2.45, 2.75) is 13.1 Å². The van der Waals surface area contributed by atoms with Crippen LogP contribution in [0.15, 0.2) is 72.9 Å². The Hall–Kier alpha value is -3.09. The van der Waals surface area contributed by atoms with E-state index in [2.05, 4.69) is 37.9 Å². The summed E-state index contributed by atoms with van der Waals surface area (Å²) < 4.78 is 5.54. The second-order valence-electron chi connectivity index (χ2n) is 7.86. The fraction of sp³-hybridized carbons (Fsp3) is 0.320. The highest BCUT2D eigenvalue weighted by Crippen LogP contribution is 2.28. The van der Waals surface area contributed by atoms with Crippen molar-refractivity contribution in [1.82, 2.24) is 14.8 Å². The highest BCUT2D eigenvalue weighted by molar-refractivity contribution is 5.58. The number of hydrogen-bond donors (Lipinski definition) is 1. The van der Waals surface area contributed by atoms with Crippen molar-refractivity contribution in [3.05, 3.63) is 84.2 Å². The summed E-state index contributed by atoms with van der Waals surface area (Å²) >= 11 is 0. The van der Waals surface area contributed by atoms with E-state index in [0.29, 0.717) is 12.3 Å². The molecule has 1 aliphatic rings. The number of aromatic hydroxyl groups is 1. The maximum atomic E-state index is 10.3. The first kappa shape index (κ1) is 21.2. The van der Waals surface area contributed by atoms with E-state index in [1.807, 2.05) is 48.7 Å². The van der Waals surface area contributed by atoms with Crippen molar-refractivity contribution in [3.8, 4) is 11.5 Å². The molecule has 2 heterocycles. The molecule has 31 heavy (non-hydrogen) atoms. The minimum atomic E-state index is 0.342. The van der Waals surface area contributed by atoms with Crippen LogP contribution in [-0.2, 0) is 13.1 Å². The Labute approximate surface area is 184 Å². The highest BCUT2D eigenvalue weighted by atomic mass is 16.5. The zero-order valence-electron chi connectivity index (χ0n) is 18.0. The SMILES string of the molecule is COc1ccccc1N1CCN(CN(Cc2ccccn2)Cc2ccccc2O)CC1. The van der Waals surface area contributed by atoms with Crippen LogP contribution in [0.5, 0.6) is 11.5 Å². The van der Waals surface area contributed by atoms with Gasteiger partial charge in [-0.1, -0.05) is 36.4 Å². The summed E-state index contributed by atoms with van der Waals surface area (Å²) in [6, 6.07) is 21.8. The lowest BCUT2D eigenvalue weighted by atomic mass is 10.2. The van der Waals surface area contributed by atoms with Gasteiger partial charge in [0.05, 0.1) is 25.2 Å². The third-order valence-corrected chi connectivity index (χ3v) is 5.70. The fourth-order valence-electron chi connectivity index (χ4n) is 4.07. The van der Waals surface area contributed by atoms with E-state index < -0.39 is 0 Å². The van der Waals surface area contributed by atoms with Gasteiger partial charge in [-0.2, -0.15) is 0 Å². The molecule has 0 amide bonds. The average Bonchev–Trinajstić information content (AvgIpc) is 2.82.